The van der Waals surface area contributed by atoms with Gasteiger partial charge in [0.15, 0.2) is 0 Å². The van der Waals surface area contributed by atoms with Crippen LogP contribution in [-0.2, 0) is 11.3 Å². The van der Waals surface area contributed by atoms with Gasteiger partial charge in [0.1, 0.15) is 0 Å². The molecule has 0 aliphatic carbocycles. The molecule has 1 aliphatic heterocycles. The molecule has 0 saturated carbocycles. The van der Waals surface area contributed by atoms with Crippen molar-refractivity contribution in [3.05, 3.63) is 23.4 Å². The Balaban J connectivity index is 1.54. The molecule has 1 fully saturated rings. The van der Waals surface area contributed by atoms with E-state index in [1.54, 1.807) is 16.2 Å². The number of aromatic nitrogens is 2. The van der Waals surface area contributed by atoms with Gasteiger partial charge in [0.2, 0.25) is 11.7 Å². The Hall–Kier alpha value is -1.93. The minimum Gasteiger partial charge on any atom is -0.378 e. The van der Waals surface area contributed by atoms with E-state index in [1.165, 1.54) is 0 Å². The van der Waals surface area contributed by atoms with Crippen LogP contribution in [0.25, 0.3) is 10.7 Å². The molecule has 0 bridgehead atoms. The van der Waals surface area contributed by atoms with Crippen LogP contribution in [0, 0.1) is 0 Å². The Morgan fingerprint density at radius 2 is 2.30 bits per heavy atom. The van der Waals surface area contributed by atoms with Crippen molar-refractivity contribution >= 4 is 17.4 Å². The number of morpholine rings is 1. The minimum atomic E-state index is -0.135. The molecule has 106 valence electrons. The number of thiophene rings is 1. The molecule has 1 aliphatic rings. The molecular formula is C12H14N4O3S. The fourth-order valence-corrected chi connectivity index (χ4v) is 2.51. The van der Waals surface area contributed by atoms with Crippen molar-refractivity contribution in [3.63, 3.8) is 0 Å². The number of hydrogen-bond acceptors (Lipinski definition) is 6. The summed E-state index contributed by atoms with van der Waals surface area (Å²) < 4.78 is 10.3. The van der Waals surface area contributed by atoms with Crippen molar-refractivity contribution in [1.82, 2.24) is 20.4 Å². The summed E-state index contributed by atoms with van der Waals surface area (Å²) in [6.07, 6.45) is 0. The maximum Gasteiger partial charge on any atom is 0.317 e. The zero-order valence-electron chi connectivity index (χ0n) is 10.7. The van der Waals surface area contributed by atoms with Crippen LogP contribution in [0.15, 0.2) is 22.0 Å². The SMILES string of the molecule is O=C(NCc1nc(-c2cccs2)no1)N1CCOCC1. The number of carbonyl (C=O) groups is 1. The maximum absolute atomic E-state index is 11.9. The molecule has 1 N–H and O–H groups in total. The van der Waals surface area contributed by atoms with Gasteiger partial charge in [-0.3, -0.25) is 0 Å². The molecule has 1 saturated heterocycles. The second kappa shape index (κ2) is 6.02. The highest BCUT2D eigenvalue weighted by atomic mass is 32.1. The third-order valence-corrected chi connectivity index (χ3v) is 3.76. The number of hydrogen-bond donors (Lipinski definition) is 1. The monoisotopic (exact) mass is 294 g/mol. The fourth-order valence-electron chi connectivity index (χ4n) is 1.86. The molecule has 2 aromatic rings. The van der Waals surface area contributed by atoms with Crippen molar-refractivity contribution in [3.8, 4) is 10.7 Å². The summed E-state index contributed by atoms with van der Waals surface area (Å²) in [4.78, 5) is 18.8. The van der Waals surface area contributed by atoms with Gasteiger partial charge in [0.25, 0.3) is 0 Å². The van der Waals surface area contributed by atoms with Crippen LogP contribution in [0.3, 0.4) is 0 Å². The molecule has 0 spiro atoms. The Kier molecular flexibility index (Phi) is 3.93. The van der Waals surface area contributed by atoms with E-state index in [-0.39, 0.29) is 12.6 Å². The average Bonchev–Trinajstić information content (AvgIpc) is 3.16. The fraction of sp³-hybridized carbons (Fsp3) is 0.417. The van der Waals surface area contributed by atoms with Crippen LogP contribution in [0.5, 0.6) is 0 Å². The van der Waals surface area contributed by atoms with Gasteiger partial charge in [0, 0.05) is 13.1 Å². The van der Waals surface area contributed by atoms with Crippen LogP contribution < -0.4 is 5.32 Å². The molecule has 0 radical (unpaired) electrons. The van der Waals surface area contributed by atoms with Gasteiger partial charge < -0.3 is 19.5 Å². The molecule has 20 heavy (non-hydrogen) atoms. The number of urea groups is 1. The van der Waals surface area contributed by atoms with Crippen LogP contribution in [0.4, 0.5) is 4.79 Å². The Bertz CT molecular complexity index is 563. The van der Waals surface area contributed by atoms with E-state index in [0.29, 0.717) is 38.0 Å². The summed E-state index contributed by atoms with van der Waals surface area (Å²) in [5.74, 6) is 0.950. The summed E-state index contributed by atoms with van der Waals surface area (Å²) in [6, 6.07) is 3.71. The number of rotatable bonds is 3. The predicted octanol–water partition coefficient (Wildman–Crippen LogP) is 1.34. The summed E-state index contributed by atoms with van der Waals surface area (Å²) in [7, 11) is 0. The smallest absolute Gasteiger partial charge is 0.317 e. The van der Waals surface area contributed by atoms with Gasteiger partial charge in [-0.25, -0.2) is 4.79 Å². The molecule has 3 rings (SSSR count). The standard InChI is InChI=1S/C12H14N4O3S/c17-12(16-3-5-18-6-4-16)13-8-10-14-11(15-19-10)9-2-1-7-20-9/h1-2,7H,3-6,8H2,(H,13,17). The third kappa shape index (κ3) is 2.97. The first kappa shape index (κ1) is 13.1. The van der Waals surface area contributed by atoms with Crippen molar-refractivity contribution in [1.29, 1.82) is 0 Å². The van der Waals surface area contributed by atoms with E-state index in [0.717, 1.165) is 4.88 Å². The van der Waals surface area contributed by atoms with E-state index in [4.69, 9.17) is 9.26 Å². The van der Waals surface area contributed by atoms with Crippen molar-refractivity contribution in [2.75, 3.05) is 26.3 Å². The molecule has 0 aromatic carbocycles. The molecular weight excluding hydrogens is 280 g/mol. The second-order valence-corrected chi connectivity index (χ2v) is 5.19. The predicted molar refractivity (Wildman–Crippen MR) is 72.2 cm³/mol. The number of nitrogens with zero attached hydrogens (tertiary/aromatic N) is 3. The second-order valence-electron chi connectivity index (χ2n) is 4.25. The summed E-state index contributed by atoms with van der Waals surface area (Å²) in [5.41, 5.74) is 0. The lowest BCUT2D eigenvalue weighted by Crippen LogP contribution is -2.45. The van der Waals surface area contributed by atoms with Crippen molar-refractivity contribution in [2.24, 2.45) is 0 Å². The first-order valence-electron chi connectivity index (χ1n) is 6.30. The van der Waals surface area contributed by atoms with E-state index in [2.05, 4.69) is 15.5 Å². The van der Waals surface area contributed by atoms with Gasteiger partial charge in [-0.1, -0.05) is 11.2 Å². The van der Waals surface area contributed by atoms with Crippen molar-refractivity contribution < 1.29 is 14.1 Å². The lowest BCUT2D eigenvalue weighted by Gasteiger charge is -2.26. The highest BCUT2D eigenvalue weighted by Crippen LogP contribution is 2.21. The lowest BCUT2D eigenvalue weighted by molar-refractivity contribution is 0.0529. The summed E-state index contributed by atoms with van der Waals surface area (Å²) in [6.45, 7) is 2.60. The van der Waals surface area contributed by atoms with Crippen LogP contribution in [-0.4, -0.2) is 47.4 Å². The highest BCUT2D eigenvalue weighted by molar-refractivity contribution is 7.13. The number of nitrogens with one attached hydrogen (secondary N) is 1. The normalized spacial score (nSPS) is 15.3. The Labute approximate surface area is 119 Å². The molecule has 7 nitrogen and oxygen atoms in total. The Morgan fingerprint density at radius 3 is 3.05 bits per heavy atom. The largest absolute Gasteiger partial charge is 0.378 e. The highest BCUT2D eigenvalue weighted by Gasteiger charge is 2.17. The minimum absolute atomic E-state index is 0.135. The molecule has 0 atom stereocenters. The topological polar surface area (TPSA) is 80.5 Å². The zero-order chi connectivity index (χ0) is 13.8. The third-order valence-electron chi connectivity index (χ3n) is 2.90. The number of ether oxygens (including phenoxy) is 1. The first-order valence-corrected chi connectivity index (χ1v) is 7.18. The van der Waals surface area contributed by atoms with E-state index in [9.17, 15) is 4.79 Å². The van der Waals surface area contributed by atoms with Gasteiger partial charge in [-0.2, -0.15) is 4.98 Å². The van der Waals surface area contributed by atoms with Crippen molar-refractivity contribution in [2.45, 2.75) is 6.54 Å². The molecule has 2 amide bonds. The Morgan fingerprint density at radius 1 is 1.45 bits per heavy atom. The van der Waals surface area contributed by atoms with E-state index in [1.807, 2.05) is 17.5 Å². The summed E-state index contributed by atoms with van der Waals surface area (Å²) in [5, 5.41) is 8.60. The van der Waals surface area contributed by atoms with Crippen LogP contribution in [0.1, 0.15) is 5.89 Å². The number of amides is 2. The van der Waals surface area contributed by atoms with Gasteiger partial charge in [0.05, 0.1) is 24.6 Å². The molecule has 0 unspecified atom stereocenters. The molecule has 2 aromatic heterocycles. The van der Waals surface area contributed by atoms with Gasteiger partial charge in [-0.15, -0.1) is 11.3 Å². The summed E-state index contributed by atoms with van der Waals surface area (Å²) >= 11 is 1.54. The van der Waals surface area contributed by atoms with Gasteiger partial charge in [-0.05, 0) is 11.4 Å². The van der Waals surface area contributed by atoms with Crippen LogP contribution in [0.2, 0.25) is 0 Å². The zero-order valence-corrected chi connectivity index (χ0v) is 11.6. The van der Waals surface area contributed by atoms with E-state index >= 15 is 0 Å². The van der Waals surface area contributed by atoms with E-state index < -0.39 is 0 Å². The van der Waals surface area contributed by atoms with Crippen LogP contribution >= 0.6 is 11.3 Å². The number of carbonyl (C=O) groups excluding carboxylic acids is 1. The first-order chi connectivity index (χ1) is 9.83. The molecule has 3 heterocycles. The lowest BCUT2D eigenvalue weighted by atomic mass is 10.4. The average molecular weight is 294 g/mol. The molecule has 8 heteroatoms. The quantitative estimate of drug-likeness (QED) is 0.924. The maximum atomic E-state index is 11.9. The van der Waals surface area contributed by atoms with Gasteiger partial charge >= 0.3 is 6.03 Å².